The summed E-state index contributed by atoms with van der Waals surface area (Å²) in [5.41, 5.74) is 1.12. The molecule has 22 heavy (non-hydrogen) atoms. The SMILES string of the molecule is COc1ncc(Cl)c(N2CC[C@H](OCc3ccncc3)C2)n1. The monoisotopic (exact) mass is 320 g/mol. The van der Waals surface area contributed by atoms with Crippen molar-refractivity contribution in [2.45, 2.75) is 19.1 Å². The number of ether oxygens (including phenoxy) is 2. The lowest BCUT2D eigenvalue weighted by Crippen LogP contribution is -2.24. The Morgan fingerprint density at radius 3 is 2.95 bits per heavy atom. The molecule has 1 aliphatic heterocycles. The van der Waals surface area contributed by atoms with E-state index in [-0.39, 0.29) is 6.10 Å². The molecule has 7 heteroatoms. The molecule has 3 heterocycles. The quantitative estimate of drug-likeness (QED) is 0.842. The maximum absolute atomic E-state index is 6.18. The Bertz CT molecular complexity index is 626. The second-order valence-electron chi connectivity index (χ2n) is 5.05. The zero-order valence-corrected chi connectivity index (χ0v) is 13.0. The normalized spacial score (nSPS) is 17.7. The average Bonchev–Trinajstić information content (AvgIpc) is 3.03. The van der Waals surface area contributed by atoms with Gasteiger partial charge in [-0.05, 0) is 24.1 Å². The van der Waals surface area contributed by atoms with Crippen molar-refractivity contribution in [3.05, 3.63) is 41.3 Å². The van der Waals surface area contributed by atoms with Gasteiger partial charge in [0.25, 0.3) is 0 Å². The predicted molar refractivity (Wildman–Crippen MR) is 83.2 cm³/mol. The van der Waals surface area contributed by atoms with Crippen LogP contribution in [0.15, 0.2) is 30.7 Å². The zero-order chi connectivity index (χ0) is 15.4. The van der Waals surface area contributed by atoms with E-state index in [0.717, 1.165) is 25.1 Å². The molecule has 2 aromatic rings. The minimum Gasteiger partial charge on any atom is -0.467 e. The van der Waals surface area contributed by atoms with Crippen LogP contribution >= 0.6 is 11.6 Å². The molecule has 0 radical (unpaired) electrons. The first-order valence-corrected chi connectivity index (χ1v) is 7.46. The van der Waals surface area contributed by atoms with E-state index in [2.05, 4.69) is 19.9 Å². The Balaban J connectivity index is 1.60. The van der Waals surface area contributed by atoms with Gasteiger partial charge >= 0.3 is 6.01 Å². The van der Waals surface area contributed by atoms with Crippen molar-refractivity contribution in [1.82, 2.24) is 15.0 Å². The van der Waals surface area contributed by atoms with Crippen LogP contribution in [0, 0.1) is 0 Å². The van der Waals surface area contributed by atoms with Crippen LogP contribution < -0.4 is 9.64 Å². The molecule has 0 unspecified atom stereocenters. The lowest BCUT2D eigenvalue weighted by Gasteiger charge is -2.19. The summed E-state index contributed by atoms with van der Waals surface area (Å²) in [5.74, 6) is 0.698. The van der Waals surface area contributed by atoms with Gasteiger partial charge in [0.2, 0.25) is 0 Å². The smallest absolute Gasteiger partial charge is 0.318 e. The fourth-order valence-corrected chi connectivity index (χ4v) is 2.62. The second-order valence-corrected chi connectivity index (χ2v) is 5.46. The third kappa shape index (κ3) is 3.45. The van der Waals surface area contributed by atoms with Gasteiger partial charge in [0.1, 0.15) is 5.02 Å². The molecule has 1 fully saturated rings. The summed E-state index contributed by atoms with van der Waals surface area (Å²) < 4.78 is 11.0. The van der Waals surface area contributed by atoms with Crippen LogP contribution in [0.3, 0.4) is 0 Å². The van der Waals surface area contributed by atoms with E-state index >= 15 is 0 Å². The van der Waals surface area contributed by atoms with Gasteiger partial charge in [-0.3, -0.25) is 4.98 Å². The Hall–Kier alpha value is -1.92. The highest BCUT2D eigenvalue weighted by molar-refractivity contribution is 6.32. The van der Waals surface area contributed by atoms with E-state index in [1.54, 1.807) is 18.6 Å². The van der Waals surface area contributed by atoms with Crippen LogP contribution in [0.5, 0.6) is 6.01 Å². The van der Waals surface area contributed by atoms with Crippen molar-refractivity contribution in [3.8, 4) is 6.01 Å². The van der Waals surface area contributed by atoms with Crippen LogP contribution in [0.4, 0.5) is 5.82 Å². The fourth-order valence-electron chi connectivity index (χ4n) is 2.41. The third-order valence-corrected chi connectivity index (χ3v) is 3.83. The molecule has 0 N–H and O–H groups in total. The number of hydrogen-bond donors (Lipinski definition) is 0. The number of aromatic nitrogens is 3. The molecule has 3 rings (SSSR count). The second kappa shape index (κ2) is 6.89. The van der Waals surface area contributed by atoms with Gasteiger partial charge in [-0.2, -0.15) is 4.98 Å². The maximum atomic E-state index is 6.18. The van der Waals surface area contributed by atoms with Crippen molar-refractivity contribution in [1.29, 1.82) is 0 Å². The Morgan fingerprint density at radius 2 is 2.18 bits per heavy atom. The molecule has 0 bridgehead atoms. The van der Waals surface area contributed by atoms with Crippen LogP contribution in [0.25, 0.3) is 0 Å². The maximum Gasteiger partial charge on any atom is 0.318 e. The first kappa shape index (κ1) is 15.0. The molecule has 0 aliphatic carbocycles. The molecule has 1 aliphatic rings. The molecular formula is C15H17ClN4O2. The van der Waals surface area contributed by atoms with Crippen molar-refractivity contribution in [2.24, 2.45) is 0 Å². The van der Waals surface area contributed by atoms with Crippen LogP contribution in [0.2, 0.25) is 5.02 Å². The summed E-state index contributed by atoms with van der Waals surface area (Å²) in [6.07, 6.45) is 6.20. The topological polar surface area (TPSA) is 60.4 Å². The van der Waals surface area contributed by atoms with Gasteiger partial charge < -0.3 is 14.4 Å². The van der Waals surface area contributed by atoms with E-state index in [1.165, 1.54) is 7.11 Å². The van der Waals surface area contributed by atoms with Gasteiger partial charge in [0.05, 0.1) is 26.0 Å². The highest BCUT2D eigenvalue weighted by Crippen LogP contribution is 2.28. The van der Waals surface area contributed by atoms with Crippen molar-refractivity contribution in [2.75, 3.05) is 25.1 Å². The minimum atomic E-state index is 0.158. The Kier molecular flexibility index (Phi) is 4.70. The molecule has 2 aromatic heterocycles. The average molecular weight is 321 g/mol. The van der Waals surface area contributed by atoms with E-state index < -0.39 is 0 Å². The Morgan fingerprint density at radius 1 is 1.36 bits per heavy atom. The van der Waals surface area contributed by atoms with Gasteiger partial charge in [-0.15, -0.1) is 0 Å². The number of halogens is 1. The van der Waals surface area contributed by atoms with E-state index in [9.17, 15) is 0 Å². The van der Waals surface area contributed by atoms with E-state index in [4.69, 9.17) is 21.1 Å². The molecule has 116 valence electrons. The number of hydrogen-bond acceptors (Lipinski definition) is 6. The molecule has 0 spiro atoms. The summed E-state index contributed by atoms with van der Waals surface area (Å²) in [5, 5.41) is 0.524. The first-order valence-electron chi connectivity index (χ1n) is 7.08. The van der Waals surface area contributed by atoms with Gasteiger partial charge in [0.15, 0.2) is 5.82 Å². The summed E-state index contributed by atoms with van der Waals surface area (Å²) in [4.78, 5) is 14.4. The van der Waals surface area contributed by atoms with Crippen LogP contribution in [0.1, 0.15) is 12.0 Å². The predicted octanol–water partition coefficient (Wildman–Crippen LogP) is 2.33. The number of rotatable bonds is 5. The summed E-state index contributed by atoms with van der Waals surface area (Å²) in [7, 11) is 1.54. The van der Waals surface area contributed by atoms with Crippen molar-refractivity contribution < 1.29 is 9.47 Å². The van der Waals surface area contributed by atoms with Gasteiger partial charge in [-0.1, -0.05) is 11.6 Å². The molecule has 1 atom stereocenters. The summed E-state index contributed by atoms with van der Waals surface area (Å²) in [6.45, 7) is 2.19. The van der Waals surface area contributed by atoms with Crippen molar-refractivity contribution >= 4 is 17.4 Å². The molecule has 6 nitrogen and oxygen atoms in total. The lowest BCUT2D eigenvalue weighted by atomic mass is 10.3. The molecule has 0 amide bonds. The van der Waals surface area contributed by atoms with Gasteiger partial charge in [-0.25, -0.2) is 4.98 Å². The van der Waals surface area contributed by atoms with Crippen molar-refractivity contribution in [3.63, 3.8) is 0 Å². The highest BCUT2D eigenvalue weighted by atomic mass is 35.5. The summed E-state index contributed by atoms with van der Waals surface area (Å²) in [6, 6.07) is 4.23. The van der Waals surface area contributed by atoms with E-state index in [0.29, 0.717) is 23.5 Å². The number of methoxy groups -OCH3 is 1. The lowest BCUT2D eigenvalue weighted by molar-refractivity contribution is 0.0553. The van der Waals surface area contributed by atoms with E-state index in [1.807, 2.05) is 12.1 Å². The highest BCUT2D eigenvalue weighted by Gasteiger charge is 2.26. The number of nitrogens with zero attached hydrogens (tertiary/aromatic N) is 4. The minimum absolute atomic E-state index is 0.158. The largest absolute Gasteiger partial charge is 0.467 e. The van der Waals surface area contributed by atoms with Crippen LogP contribution in [-0.2, 0) is 11.3 Å². The van der Waals surface area contributed by atoms with Gasteiger partial charge in [0, 0.05) is 25.5 Å². The molecule has 1 saturated heterocycles. The fraction of sp³-hybridized carbons (Fsp3) is 0.400. The molecular weight excluding hydrogens is 304 g/mol. The summed E-state index contributed by atoms with van der Waals surface area (Å²) >= 11 is 6.18. The standard InChI is InChI=1S/C15H17ClN4O2/c1-21-15-18-8-13(16)14(19-15)20-7-4-12(9-20)22-10-11-2-5-17-6-3-11/h2-3,5-6,8,12H,4,7,9-10H2,1H3/t12-/m0/s1. The van der Waals surface area contributed by atoms with Crippen LogP contribution in [-0.4, -0.2) is 41.3 Å². The molecule has 0 aromatic carbocycles. The number of anilines is 1. The molecule has 0 saturated carbocycles. The number of pyridine rings is 1. The third-order valence-electron chi connectivity index (χ3n) is 3.57. The Labute approximate surface area is 134 Å². The zero-order valence-electron chi connectivity index (χ0n) is 12.3. The first-order chi connectivity index (χ1) is 10.8.